The minimum atomic E-state index is 0.127. The van der Waals surface area contributed by atoms with Crippen molar-refractivity contribution in [1.29, 1.82) is 0 Å². The SMILES string of the molecule is CN(Cc1cccc(Cl)c1)C(=O)N1CCCCCC1. The molecule has 1 fully saturated rings. The van der Waals surface area contributed by atoms with Gasteiger partial charge in [0.15, 0.2) is 0 Å². The van der Waals surface area contributed by atoms with Gasteiger partial charge in [0.25, 0.3) is 0 Å². The highest BCUT2D eigenvalue weighted by atomic mass is 35.5. The minimum Gasteiger partial charge on any atom is -0.325 e. The largest absolute Gasteiger partial charge is 0.325 e. The molecular weight excluding hydrogens is 260 g/mol. The highest BCUT2D eigenvalue weighted by molar-refractivity contribution is 6.30. The van der Waals surface area contributed by atoms with Crippen LogP contribution >= 0.6 is 11.6 Å². The van der Waals surface area contributed by atoms with Gasteiger partial charge in [0, 0.05) is 31.7 Å². The van der Waals surface area contributed by atoms with Crippen molar-refractivity contribution in [3.8, 4) is 0 Å². The van der Waals surface area contributed by atoms with Gasteiger partial charge in [-0.2, -0.15) is 0 Å². The number of halogens is 1. The third kappa shape index (κ3) is 4.13. The van der Waals surface area contributed by atoms with E-state index < -0.39 is 0 Å². The summed E-state index contributed by atoms with van der Waals surface area (Å²) in [6, 6.07) is 7.80. The first-order chi connectivity index (χ1) is 9.16. The van der Waals surface area contributed by atoms with E-state index in [2.05, 4.69) is 0 Å². The van der Waals surface area contributed by atoms with E-state index in [0.717, 1.165) is 31.5 Å². The quantitative estimate of drug-likeness (QED) is 0.809. The Hall–Kier alpha value is -1.22. The average molecular weight is 281 g/mol. The van der Waals surface area contributed by atoms with Crippen LogP contribution < -0.4 is 0 Å². The third-order valence-electron chi connectivity index (χ3n) is 3.51. The van der Waals surface area contributed by atoms with Gasteiger partial charge in [-0.3, -0.25) is 0 Å². The molecule has 1 heterocycles. The molecule has 1 aliphatic rings. The number of hydrogen-bond donors (Lipinski definition) is 0. The van der Waals surface area contributed by atoms with E-state index in [1.165, 1.54) is 12.8 Å². The molecule has 0 N–H and O–H groups in total. The molecule has 0 radical (unpaired) electrons. The van der Waals surface area contributed by atoms with Crippen molar-refractivity contribution in [1.82, 2.24) is 9.80 Å². The van der Waals surface area contributed by atoms with Crippen molar-refractivity contribution in [3.63, 3.8) is 0 Å². The van der Waals surface area contributed by atoms with Crippen LogP contribution in [-0.4, -0.2) is 36.0 Å². The second-order valence-corrected chi connectivity index (χ2v) is 5.61. The van der Waals surface area contributed by atoms with E-state index in [1.807, 2.05) is 36.2 Å². The van der Waals surface area contributed by atoms with Crippen LogP contribution in [0, 0.1) is 0 Å². The first kappa shape index (κ1) is 14.2. The number of hydrogen-bond acceptors (Lipinski definition) is 1. The Bertz CT molecular complexity index is 428. The molecule has 0 saturated carbocycles. The van der Waals surface area contributed by atoms with Crippen LogP contribution in [0.2, 0.25) is 5.02 Å². The van der Waals surface area contributed by atoms with E-state index in [-0.39, 0.29) is 6.03 Å². The monoisotopic (exact) mass is 280 g/mol. The average Bonchev–Trinajstić information content (AvgIpc) is 2.66. The highest BCUT2D eigenvalue weighted by Crippen LogP contribution is 2.15. The molecule has 0 atom stereocenters. The second kappa shape index (κ2) is 6.80. The summed E-state index contributed by atoms with van der Waals surface area (Å²) < 4.78 is 0. The number of amides is 2. The fourth-order valence-corrected chi connectivity index (χ4v) is 2.69. The number of urea groups is 1. The summed E-state index contributed by atoms with van der Waals surface area (Å²) >= 11 is 5.96. The number of nitrogens with zero attached hydrogens (tertiary/aromatic N) is 2. The van der Waals surface area contributed by atoms with Crippen molar-refractivity contribution >= 4 is 17.6 Å². The molecule has 4 heteroatoms. The molecule has 0 unspecified atom stereocenters. The number of carbonyl (C=O) groups excluding carboxylic acids is 1. The van der Waals surface area contributed by atoms with Gasteiger partial charge in [0.2, 0.25) is 0 Å². The Balaban J connectivity index is 1.94. The predicted octanol–water partition coefficient (Wildman–Crippen LogP) is 3.77. The summed E-state index contributed by atoms with van der Waals surface area (Å²) in [4.78, 5) is 16.1. The Morgan fingerprint density at radius 1 is 1.26 bits per heavy atom. The molecule has 0 bridgehead atoms. The van der Waals surface area contributed by atoms with Crippen LogP contribution in [0.5, 0.6) is 0 Å². The maximum Gasteiger partial charge on any atom is 0.320 e. The number of benzene rings is 1. The molecular formula is C15H21ClN2O. The first-order valence-corrected chi connectivity index (χ1v) is 7.29. The summed E-state index contributed by atoms with van der Waals surface area (Å²) in [5, 5.41) is 0.716. The van der Waals surface area contributed by atoms with Crippen molar-refractivity contribution in [3.05, 3.63) is 34.9 Å². The van der Waals surface area contributed by atoms with Gasteiger partial charge >= 0.3 is 6.03 Å². The van der Waals surface area contributed by atoms with E-state index in [9.17, 15) is 4.79 Å². The zero-order valence-electron chi connectivity index (χ0n) is 11.4. The zero-order valence-corrected chi connectivity index (χ0v) is 12.2. The number of likely N-dealkylation sites (tertiary alicyclic amines) is 1. The number of rotatable bonds is 2. The Morgan fingerprint density at radius 3 is 2.58 bits per heavy atom. The Morgan fingerprint density at radius 2 is 1.95 bits per heavy atom. The van der Waals surface area contributed by atoms with E-state index in [0.29, 0.717) is 11.6 Å². The minimum absolute atomic E-state index is 0.127. The molecule has 0 aliphatic carbocycles. The lowest BCUT2D eigenvalue weighted by Gasteiger charge is -2.27. The van der Waals surface area contributed by atoms with E-state index in [4.69, 9.17) is 11.6 Å². The van der Waals surface area contributed by atoms with Crippen LogP contribution in [-0.2, 0) is 6.54 Å². The summed E-state index contributed by atoms with van der Waals surface area (Å²) in [5.41, 5.74) is 1.07. The van der Waals surface area contributed by atoms with Crippen molar-refractivity contribution in [2.45, 2.75) is 32.2 Å². The summed E-state index contributed by atoms with van der Waals surface area (Å²) in [5.74, 6) is 0. The van der Waals surface area contributed by atoms with Crippen molar-refractivity contribution in [2.24, 2.45) is 0 Å². The van der Waals surface area contributed by atoms with Gasteiger partial charge in [-0.15, -0.1) is 0 Å². The fourth-order valence-electron chi connectivity index (χ4n) is 2.48. The van der Waals surface area contributed by atoms with Crippen LogP contribution in [0.1, 0.15) is 31.2 Å². The molecule has 3 nitrogen and oxygen atoms in total. The second-order valence-electron chi connectivity index (χ2n) is 5.17. The van der Waals surface area contributed by atoms with Gasteiger partial charge in [0.1, 0.15) is 0 Å². The maximum atomic E-state index is 12.4. The van der Waals surface area contributed by atoms with Crippen molar-refractivity contribution < 1.29 is 4.79 Å². The van der Waals surface area contributed by atoms with E-state index in [1.54, 1.807) is 4.90 Å². The lowest BCUT2D eigenvalue weighted by molar-refractivity contribution is 0.162. The van der Waals surface area contributed by atoms with E-state index >= 15 is 0 Å². The highest BCUT2D eigenvalue weighted by Gasteiger charge is 2.19. The Kier molecular flexibility index (Phi) is 5.08. The van der Waals surface area contributed by atoms with Crippen LogP contribution in [0.25, 0.3) is 0 Å². The van der Waals surface area contributed by atoms with Crippen LogP contribution in [0.15, 0.2) is 24.3 Å². The molecule has 19 heavy (non-hydrogen) atoms. The van der Waals surface area contributed by atoms with Crippen LogP contribution in [0.4, 0.5) is 4.79 Å². The molecule has 104 valence electrons. The molecule has 0 spiro atoms. The Labute approximate surface area is 120 Å². The van der Waals surface area contributed by atoms with Gasteiger partial charge in [0.05, 0.1) is 0 Å². The topological polar surface area (TPSA) is 23.6 Å². The predicted molar refractivity (Wildman–Crippen MR) is 78.4 cm³/mol. The normalized spacial score (nSPS) is 16.0. The standard InChI is InChI=1S/C15H21ClN2O/c1-17(12-13-7-6-8-14(16)11-13)15(19)18-9-4-2-3-5-10-18/h6-8,11H,2-5,9-10,12H2,1H3. The van der Waals surface area contributed by atoms with Gasteiger partial charge in [-0.05, 0) is 30.5 Å². The van der Waals surface area contributed by atoms with Crippen molar-refractivity contribution in [2.75, 3.05) is 20.1 Å². The molecule has 1 aromatic carbocycles. The number of carbonyl (C=O) groups is 1. The summed E-state index contributed by atoms with van der Waals surface area (Å²) in [6.07, 6.45) is 4.72. The molecule has 1 saturated heterocycles. The molecule has 2 rings (SSSR count). The third-order valence-corrected chi connectivity index (χ3v) is 3.75. The maximum absolute atomic E-state index is 12.4. The summed E-state index contributed by atoms with van der Waals surface area (Å²) in [7, 11) is 1.86. The summed E-state index contributed by atoms with van der Waals surface area (Å²) in [6.45, 7) is 2.38. The first-order valence-electron chi connectivity index (χ1n) is 6.91. The van der Waals surface area contributed by atoms with Gasteiger partial charge < -0.3 is 9.80 Å². The molecule has 2 amide bonds. The van der Waals surface area contributed by atoms with Crippen LogP contribution in [0.3, 0.4) is 0 Å². The lowest BCUT2D eigenvalue weighted by atomic mass is 10.2. The smallest absolute Gasteiger partial charge is 0.320 e. The molecule has 1 aliphatic heterocycles. The zero-order chi connectivity index (χ0) is 13.7. The van der Waals surface area contributed by atoms with Gasteiger partial charge in [-0.25, -0.2) is 4.79 Å². The fraction of sp³-hybridized carbons (Fsp3) is 0.533. The molecule has 0 aromatic heterocycles. The lowest BCUT2D eigenvalue weighted by Crippen LogP contribution is -2.41. The van der Waals surface area contributed by atoms with Gasteiger partial charge in [-0.1, -0.05) is 36.6 Å². The molecule has 1 aromatic rings.